The Hall–Kier alpha value is -2.88. The van der Waals surface area contributed by atoms with Gasteiger partial charge in [-0.2, -0.15) is 5.26 Å². The zero-order chi connectivity index (χ0) is 18.8. The lowest BCUT2D eigenvalue weighted by Crippen LogP contribution is -2.49. The first-order valence-corrected chi connectivity index (χ1v) is 9.12. The van der Waals surface area contributed by atoms with Crippen LogP contribution in [-0.4, -0.2) is 45.3 Å². The minimum Gasteiger partial charge on any atom is -0.341 e. The molecule has 27 heavy (non-hydrogen) atoms. The second-order valence-corrected chi connectivity index (χ2v) is 7.12. The predicted octanol–water partition coefficient (Wildman–Crippen LogP) is 2.93. The van der Waals surface area contributed by atoms with E-state index in [9.17, 15) is 4.79 Å². The van der Waals surface area contributed by atoms with E-state index in [1.54, 1.807) is 12.1 Å². The third-order valence-electron chi connectivity index (χ3n) is 4.72. The number of rotatable bonds is 4. The monoisotopic (exact) mass is 379 g/mol. The summed E-state index contributed by atoms with van der Waals surface area (Å²) >= 11 is 6.01. The molecule has 0 atom stereocenters. The molecule has 0 unspecified atom stereocenters. The first kappa shape index (κ1) is 17.5. The molecule has 136 valence electrons. The molecule has 1 aliphatic rings. The first-order valence-electron chi connectivity index (χ1n) is 8.74. The maximum atomic E-state index is 12.5. The van der Waals surface area contributed by atoms with Gasteiger partial charge in [-0.1, -0.05) is 23.7 Å². The number of carbonyl (C=O) groups excluding carboxylic acids is 1. The van der Waals surface area contributed by atoms with Gasteiger partial charge in [0.2, 0.25) is 5.91 Å². The lowest BCUT2D eigenvalue weighted by molar-refractivity contribution is -0.136. The molecule has 0 aliphatic carbocycles. The Morgan fingerprint density at radius 3 is 2.70 bits per heavy atom. The SMILES string of the molecule is N#Cc1ccc(CN2CCN(Cc3nc4ccc(Cl)cc4[nH]3)CC2=O)cc1. The average Bonchev–Trinajstić information content (AvgIpc) is 3.06. The van der Waals surface area contributed by atoms with Crippen molar-refractivity contribution in [1.82, 2.24) is 19.8 Å². The smallest absolute Gasteiger partial charge is 0.237 e. The molecule has 1 aliphatic heterocycles. The number of halogens is 1. The van der Waals surface area contributed by atoms with Crippen LogP contribution in [0.2, 0.25) is 5.02 Å². The number of aromatic amines is 1. The number of fused-ring (bicyclic) bond motifs is 1. The number of amides is 1. The summed E-state index contributed by atoms with van der Waals surface area (Å²) < 4.78 is 0. The number of hydrogen-bond acceptors (Lipinski definition) is 4. The van der Waals surface area contributed by atoms with Crippen LogP contribution in [0.3, 0.4) is 0 Å². The molecule has 4 rings (SSSR count). The van der Waals surface area contributed by atoms with Gasteiger partial charge in [0, 0.05) is 24.7 Å². The van der Waals surface area contributed by atoms with Crippen molar-refractivity contribution in [1.29, 1.82) is 5.26 Å². The van der Waals surface area contributed by atoms with E-state index in [-0.39, 0.29) is 5.91 Å². The van der Waals surface area contributed by atoms with Crippen LogP contribution >= 0.6 is 11.6 Å². The summed E-state index contributed by atoms with van der Waals surface area (Å²) in [5.74, 6) is 0.936. The van der Waals surface area contributed by atoms with Crippen LogP contribution in [0.5, 0.6) is 0 Å². The van der Waals surface area contributed by atoms with Gasteiger partial charge in [0.25, 0.3) is 0 Å². The van der Waals surface area contributed by atoms with E-state index < -0.39 is 0 Å². The van der Waals surface area contributed by atoms with Crippen LogP contribution < -0.4 is 0 Å². The van der Waals surface area contributed by atoms with Crippen LogP contribution in [0.1, 0.15) is 17.0 Å². The lowest BCUT2D eigenvalue weighted by Gasteiger charge is -2.34. The van der Waals surface area contributed by atoms with Crippen molar-refractivity contribution < 1.29 is 4.79 Å². The maximum absolute atomic E-state index is 12.5. The van der Waals surface area contributed by atoms with Crippen LogP contribution in [0, 0.1) is 11.3 Å². The van der Waals surface area contributed by atoms with Crippen LogP contribution in [0.4, 0.5) is 0 Å². The molecule has 0 spiro atoms. The maximum Gasteiger partial charge on any atom is 0.237 e. The molecule has 3 aromatic rings. The predicted molar refractivity (Wildman–Crippen MR) is 103 cm³/mol. The Kier molecular flexibility index (Phi) is 4.80. The van der Waals surface area contributed by atoms with Crippen molar-refractivity contribution in [2.75, 3.05) is 19.6 Å². The Morgan fingerprint density at radius 1 is 1.15 bits per heavy atom. The molecule has 0 bridgehead atoms. The van der Waals surface area contributed by atoms with Crippen molar-refractivity contribution >= 4 is 28.5 Å². The van der Waals surface area contributed by atoms with E-state index >= 15 is 0 Å². The summed E-state index contributed by atoms with van der Waals surface area (Å²) in [7, 11) is 0. The summed E-state index contributed by atoms with van der Waals surface area (Å²) in [5, 5.41) is 9.54. The van der Waals surface area contributed by atoms with Crippen LogP contribution in [0.15, 0.2) is 42.5 Å². The average molecular weight is 380 g/mol. The van der Waals surface area contributed by atoms with Crippen molar-refractivity contribution in [3.63, 3.8) is 0 Å². The highest BCUT2D eigenvalue weighted by Gasteiger charge is 2.24. The third-order valence-corrected chi connectivity index (χ3v) is 4.96. The normalized spacial score (nSPS) is 15.3. The molecule has 0 radical (unpaired) electrons. The quantitative estimate of drug-likeness (QED) is 0.756. The van der Waals surface area contributed by atoms with Gasteiger partial charge in [0.1, 0.15) is 5.82 Å². The van der Waals surface area contributed by atoms with E-state index in [2.05, 4.69) is 20.9 Å². The molecule has 1 aromatic heterocycles. The fourth-order valence-electron chi connectivity index (χ4n) is 3.29. The Bertz CT molecular complexity index is 1020. The molecule has 0 saturated carbocycles. The molecule has 1 saturated heterocycles. The molecular formula is C20H18ClN5O. The van der Waals surface area contributed by atoms with Gasteiger partial charge in [-0.05, 0) is 35.9 Å². The Labute approximate surface area is 162 Å². The largest absolute Gasteiger partial charge is 0.341 e. The molecule has 6 nitrogen and oxygen atoms in total. The number of hydrogen-bond donors (Lipinski definition) is 1. The number of nitrogens with one attached hydrogen (secondary N) is 1. The summed E-state index contributed by atoms with van der Waals surface area (Å²) in [6.45, 7) is 3.00. The zero-order valence-corrected chi connectivity index (χ0v) is 15.4. The number of H-pyrrole nitrogens is 1. The van der Waals surface area contributed by atoms with Gasteiger partial charge in [-0.3, -0.25) is 9.69 Å². The highest BCUT2D eigenvalue weighted by atomic mass is 35.5. The van der Waals surface area contributed by atoms with Gasteiger partial charge >= 0.3 is 0 Å². The van der Waals surface area contributed by atoms with E-state index in [1.807, 2.05) is 35.2 Å². The Morgan fingerprint density at radius 2 is 1.96 bits per heavy atom. The fraction of sp³-hybridized carbons (Fsp3) is 0.250. The van der Waals surface area contributed by atoms with Gasteiger partial charge in [0.15, 0.2) is 0 Å². The molecular weight excluding hydrogens is 362 g/mol. The number of nitriles is 1. The van der Waals surface area contributed by atoms with Gasteiger partial charge in [0.05, 0.1) is 35.8 Å². The number of imidazole rings is 1. The number of aromatic nitrogens is 2. The zero-order valence-electron chi connectivity index (χ0n) is 14.7. The molecule has 1 N–H and O–H groups in total. The molecule has 2 aromatic carbocycles. The molecule has 1 amide bonds. The second-order valence-electron chi connectivity index (χ2n) is 6.68. The van der Waals surface area contributed by atoms with E-state index in [4.69, 9.17) is 16.9 Å². The summed E-state index contributed by atoms with van der Waals surface area (Å²) in [6.07, 6.45) is 0. The van der Waals surface area contributed by atoms with Crippen LogP contribution in [0.25, 0.3) is 11.0 Å². The number of carbonyl (C=O) groups is 1. The molecule has 2 heterocycles. The standard InChI is InChI=1S/C20H18ClN5O/c21-16-5-6-17-18(9-16)24-19(23-17)12-25-7-8-26(20(27)13-25)11-15-3-1-14(10-22)2-4-15/h1-6,9H,7-8,11-13H2,(H,23,24). The van der Waals surface area contributed by atoms with E-state index in [1.165, 1.54) is 0 Å². The fourth-order valence-corrected chi connectivity index (χ4v) is 3.46. The van der Waals surface area contributed by atoms with Crippen LogP contribution in [-0.2, 0) is 17.9 Å². The van der Waals surface area contributed by atoms with Gasteiger partial charge in [-0.15, -0.1) is 0 Å². The van der Waals surface area contributed by atoms with E-state index in [0.717, 1.165) is 29.0 Å². The van der Waals surface area contributed by atoms with Crippen molar-refractivity contribution in [2.24, 2.45) is 0 Å². The first-order chi connectivity index (χ1) is 13.1. The summed E-state index contributed by atoms with van der Waals surface area (Å²) in [6, 6.07) is 15.0. The van der Waals surface area contributed by atoms with Crippen molar-refractivity contribution in [2.45, 2.75) is 13.1 Å². The minimum atomic E-state index is 0.102. The topological polar surface area (TPSA) is 76.0 Å². The minimum absolute atomic E-state index is 0.102. The number of benzene rings is 2. The molecule has 7 heteroatoms. The number of nitrogens with zero attached hydrogens (tertiary/aromatic N) is 4. The number of piperazine rings is 1. The van der Waals surface area contributed by atoms with Crippen molar-refractivity contribution in [3.8, 4) is 6.07 Å². The third kappa shape index (κ3) is 3.95. The van der Waals surface area contributed by atoms with Crippen molar-refractivity contribution in [3.05, 3.63) is 64.4 Å². The summed E-state index contributed by atoms with van der Waals surface area (Å²) in [4.78, 5) is 24.3. The highest BCUT2D eigenvalue weighted by Crippen LogP contribution is 2.18. The lowest BCUT2D eigenvalue weighted by atomic mass is 10.1. The van der Waals surface area contributed by atoms with Gasteiger partial charge < -0.3 is 9.88 Å². The van der Waals surface area contributed by atoms with Gasteiger partial charge in [-0.25, -0.2) is 4.98 Å². The second kappa shape index (κ2) is 7.39. The van der Waals surface area contributed by atoms with E-state index in [0.29, 0.717) is 36.8 Å². The summed E-state index contributed by atoms with van der Waals surface area (Å²) in [5.41, 5.74) is 3.44. The highest BCUT2D eigenvalue weighted by molar-refractivity contribution is 6.31. The Balaban J connectivity index is 1.37. The molecule has 1 fully saturated rings.